The van der Waals surface area contributed by atoms with E-state index in [-0.39, 0.29) is 32.2 Å². The number of aromatic nitrogens is 2. The van der Waals surface area contributed by atoms with Gasteiger partial charge >= 0.3 is 0 Å². The molecule has 1 N–H and O–H groups in total. The first-order valence-corrected chi connectivity index (χ1v) is 7.54. The molecule has 7 heteroatoms. The van der Waals surface area contributed by atoms with E-state index in [4.69, 9.17) is 9.47 Å². The van der Waals surface area contributed by atoms with Gasteiger partial charge < -0.3 is 19.4 Å². The van der Waals surface area contributed by atoms with Crippen molar-refractivity contribution in [1.82, 2.24) is 14.9 Å². The van der Waals surface area contributed by atoms with Crippen molar-refractivity contribution in [2.24, 2.45) is 0 Å². The minimum Gasteiger partial charge on any atom is -0.375 e. The maximum absolute atomic E-state index is 14.0. The third-order valence-corrected chi connectivity index (χ3v) is 3.94. The molecule has 1 aromatic heterocycles. The summed E-state index contributed by atoms with van der Waals surface area (Å²) in [7, 11) is 1.44. The minimum atomic E-state index is -1.19. The molecule has 0 bridgehead atoms. The van der Waals surface area contributed by atoms with Crippen LogP contribution >= 0.6 is 0 Å². The zero-order valence-electron chi connectivity index (χ0n) is 13.2. The number of fused-ring (bicyclic) bond motifs is 1. The number of imidazole rings is 1. The average Bonchev–Trinajstić information content (AvgIpc) is 3.08. The Morgan fingerprint density at radius 1 is 1.48 bits per heavy atom. The molecule has 2 atom stereocenters. The molecule has 23 heavy (non-hydrogen) atoms. The van der Waals surface area contributed by atoms with Gasteiger partial charge in [0.2, 0.25) is 5.91 Å². The van der Waals surface area contributed by atoms with Crippen LogP contribution in [0.2, 0.25) is 0 Å². The van der Waals surface area contributed by atoms with Crippen LogP contribution in [0.1, 0.15) is 11.4 Å². The van der Waals surface area contributed by atoms with E-state index >= 15 is 0 Å². The topological polar surface area (TPSA) is 67.4 Å². The summed E-state index contributed by atoms with van der Waals surface area (Å²) in [4.78, 5) is 20.7. The molecule has 124 valence electrons. The normalized spacial score (nSPS) is 21.3. The van der Waals surface area contributed by atoms with Gasteiger partial charge in [0.1, 0.15) is 31.3 Å². The van der Waals surface area contributed by atoms with E-state index in [1.54, 1.807) is 0 Å². The number of carbonyl (C=O) groups excluding carboxylic acids is 1. The lowest BCUT2D eigenvalue weighted by Gasteiger charge is -2.15. The van der Waals surface area contributed by atoms with Gasteiger partial charge in [-0.05, 0) is 24.6 Å². The SMILES string of the molecule is COCC(=O)N1CC(F)C(OCc2nc3ccc(C)cc3[nH]2)C1. The first kappa shape index (κ1) is 15.9. The fraction of sp³-hybridized carbons (Fsp3) is 0.500. The van der Waals surface area contributed by atoms with E-state index in [0.29, 0.717) is 5.82 Å². The quantitative estimate of drug-likeness (QED) is 0.908. The van der Waals surface area contributed by atoms with Gasteiger partial charge in [0.25, 0.3) is 0 Å². The second kappa shape index (κ2) is 6.64. The number of hydrogen-bond acceptors (Lipinski definition) is 4. The number of amides is 1. The highest BCUT2D eigenvalue weighted by Crippen LogP contribution is 2.19. The third kappa shape index (κ3) is 3.51. The maximum atomic E-state index is 14.0. The van der Waals surface area contributed by atoms with Crippen LogP contribution < -0.4 is 0 Å². The number of carbonyl (C=O) groups is 1. The molecule has 3 rings (SSSR count). The first-order valence-electron chi connectivity index (χ1n) is 7.54. The standard InChI is InChI=1S/C16H20FN3O3/c1-10-3-4-12-13(5-10)19-15(18-12)8-23-14-7-20(6-11(14)17)16(21)9-22-2/h3-5,11,14H,6-9H2,1-2H3,(H,18,19). The number of ether oxygens (including phenoxy) is 2. The van der Waals surface area contributed by atoms with Crippen LogP contribution in [0.25, 0.3) is 11.0 Å². The molecule has 2 unspecified atom stereocenters. The van der Waals surface area contributed by atoms with Crippen molar-refractivity contribution in [3.05, 3.63) is 29.6 Å². The fourth-order valence-electron chi connectivity index (χ4n) is 2.74. The molecule has 0 saturated carbocycles. The molecule has 6 nitrogen and oxygen atoms in total. The number of alkyl halides is 1. The molecule has 0 spiro atoms. The van der Waals surface area contributed by atoms with Gasteiger partial charge in [-0.3, -0.25) is 4.79 Å². The number of nitrogens with one attached hydrogen (secondary N) is 1. The predicted molar refractivity (Wildman–Crippen MR) is 82.8 cm³/mol. The number of aromatic amines is 1. The van der Waals surface area contributed by atoms with Crippen molar-refractivity contribution in [2.45, 2.75) is 25.8 Å². The lowest BCUT2D eigenvalue weighted by Crippen LogP contribution is -2.32. The predicted octanol–water partition coefficient (Wildman–Crippen LogP) is 1.58. The molecule has 1 fully saturated rings. The molecular formula is C16H20FN3O3. The average molecular weight is 321 g/mol. The number of hydrogen-bond donors (Lipinski definition) is 1. The zero-order chi connectivity index (χ0) is 16.4. The Morgan fingerprint density at radius 2 is 2.30 bits per heavy atom. The van der Waals surface area contributed by atoms with E-state index in [0.717, 1.165) is 16.6 Å². The lowest BCUT2D eigenvalue weighted by molar-refractivity contribution is -0.134. The number of rotatable bonds is 5. The summed E-state index contributed by atoms with van der Waals surface area (Å²) in [5.74, 6) is 0.430. The number of methoxy groups -OCH3 is 1. The van der Waals surface area contributed by atoms with Gasteiger partial charge in [0.05, 0.1) is 17.6 Å². The summed E-state index contributed by atoms with van der Waals surface area (Å²) in [5, 5.41) is 0. The lowest BCUT2D eigenvalue weighted by atomic mass is 10.2. The van der Waals surface area contributed by atoms with Gasteiger partial charge in [0, 0.05) is 13.7 Å². The molecule has 1 aliphatic heterocycles. The second-order valence-electron chi connectivity index (χ2n) is 5.80. The number of halogens is 1. The Bertz CT molecular complexity index is 703. The molecule has 1 saturated heterocycles. The number of likely N-dealkylation sites (tertiary alicyclic amines) is 1. The highest BCUT2D eigenvalue weighted by molar-refractivity contribution is 5.78. The molecule has 0 radical (unpaired) electrons. The van der Waals surface area contributed by atoms with Gasteiger partial charge in [0.15, 0.2) is 0 Å². The van der Waals surface area contributed by atoms with Gasteiger partial charge in [-0.1, -0.05) is 6.07 Å². The minimum absolute atomic E-state index is 0.0393. The number of nitrogens with zero attached hydrogens (tertiary/aromatic N) is 2. The van der Waals surface area contributed by atoms with Crippen LogP contribution in [0.15, 0.2) is 18.2 Å². The van der Waals surface area contributed by atoms with Crippen molar-refractivity contribution in [2.75, 3.05) is 26.8 Å². The summed E-state index contributed by atoms with van der Waals surface area (Å²) in [5.41, 5.74) is 2.93. The Balaban J connectivity index is 1.60. The summed E-state index contributed by atoms with van der Waals surface area (Å²) in [6.45, 7) is 2.44. The van der Waals surface area contributed by atoms with Crippen LogP contribution in [0, 0.1) is 6.92 Å². The largest absolute Gasteiger partial charge is 0.375 e. The van der Waals surface area contributed by atoms with E-state index in [1.165, 1.54) is 12.0 Å². The molecule has 1 amide bonds. The Morgan fingerprint density at radius 3 is 3.09 bits per heavy atom. The highest BCUT2D eigenvalue weighted by atomic mass is 19.1. The van der Waals surface area contributed by atoms with Crippen molar-refractivity contribution >= 4 is 16.9 Å². The van der Waals surface area contributed by atoms with Crippen LogP contribution in [0.4, 0.5) is 4.39 Å². The molecular weight excluding hydrogens is 301 g/mol. The maximum Gasteiger partial charge on any atom is 0.248 e. The summed E-state index contributed by atoms with van der Waals surface area (Å²) < 4.78 is 24.4. The van der Waals surface area contributed by atoms with Crippen LogP contribution in [0.5, 0.6) is 0 Å². The zero-order valence-corrected chi connectivity index (χ0v) is 13.2. The van der Waals surface area contributed by atoms with Gasteiger partial charge in [-0.25, -0.2) is 9.37 Å². The van der Waals surface area contributed by atoms with E-state index in [9.17, 15) is 9.18 Å². The smallest absolute Gasteiger partial charge is 0.248 e. The van der Waals surface area contributed by atoms with E-state index < -0.39 is 12.3 Å². The van der Waals surface area contributed by atoms with Crippen molar-refractivity contribution in [1.29, 1.82) is 0 Å². The third-order valence-electron chi connectivity index (χ3n) is 3.94. The van der Waals surface area contributed by atoms with E-state index in [1.807, 2.05) is 25.1 Å². The Kier molecular flexibility index (Phi) is 4.58. The number of benzene rings is 1. The second-order valence-corrected chi connectivity index (χ2v) is 5.80. The molecule has 1 aromatic carbocycles. The summed E-state index contributed by atoms with van der Waals surface area (Å²) >= 11 is 0. The number of H-pyrrole nitrogens is 1. The molecule has 1 aliphatic rings. The van der Waals surface area contributed by atoms with Crippen molar-refractivity contribution in [3.63, 3.8) is 0 Å². The van der Waals surface area contributed by atoms with Gasteiger partial charge in [-0.15, -0.1) is 0 Å². The van der Waals surface area contributed by atoms with E-state index in [2.05, 4.69) is 9.97 Å². The summed E-state index contributed by atoms with van der Waals surface area (Å²) in [6, 6.07) is 5.93. The number of aryl methyl sites for hydroxylation is 1. The molecule has 2 aromatic rings. The summed E-state index contributed by atoms with van der Waals surface area (Å²) in [6.07, 6.45) is -1.83. The van der Waals surface area contributed by atoms with Crippen LogP contribution in [-0.2, 0) is 20.9 Å². The van der Waals surface area contributed by atoms with Crippen LogP contribution in [0.3, 0.4) is 0 Å². The first-order chi connectivity index (χ1) is 11.1. The van der Waals surface area contributed by atoms with Crippen molar-refractivity contribution in [3.8, 4) is 0 Å². The van der Waals surface area contributed by atoms with Crippen LogP contribution in [-0.4, -0.2) is 59.9 Å². The monoisotopic (exact) mass is 321 g/mol. The molecule has 0 aliphatic carbocycles. The van der Waals surface area contributed by atoms with Crippen molar-refractivity contribution < 1.29 is 18.7 Å². The molecule has 2 heterocycles. The highest BCUT2D eigenvalue weighted by Gasteiger charge is 2.36. The Hall–Kier alpha value is -1.99. The van der Waals surface area contributed by atoms with Gasteiger partial charge in [-0.2, -0.15) is 0 Å². The Labute approximate surface area is 133 Å². The fourth-order valence-corrected chi connectivity index (χ4v) is 2.74.